The van der Waals surface area contributed by atoms with E-state index in [1.807, 2.05) is 18.4 Å². The lowest BCUT2D eigenvalue weighted by Crippen LogP contribution is -2.24. The van der Waals surface area contributed by atoms with Gasteiger partial charge in [0.25, 0.3) is 5.91 Å². The number of amides is 1. The predicted molar refractivity (Wildman–Crippen MR) is 158 cm³/mol. The lowest BCUT2D eigenvalue weighted by atomic mass is 10.1. The van der Waals surface area contributed by atoms with Crippen LogP contribution < -0.4 is 10.6 Å². The van der Waals surface area contributed by atoms with Crippen molar-refractivity contribution in [1.29, 1.82) is 0 Å². The van der Waals surface area contributed by atoms with Crippen LogP contribution in [0.2, 0.25) is 0 Å². The van der Waals surface area contributed by atoms with Crippen molar-refractivity contribution in [3.8, 4) is 11.3 Å². The first kappa shape index (κ1) is 30.5. The van der Waals surface area contributed by atoms with Gasteiger partial charge in [-0.25, -0.2) is 23.7 Å². The van der Waals surface area contributed by atoms with Gasteiger partial charge in [-0.15, -0.1) is 0 Å². The molecule has 2 aromatic carbocycles. The number of hydrogen-bond donors (Lipinski definition) is 2. The summed E-state index contributed by atoms with van der Waals surface area (Å²) in [5, 5.41) is 5.93. The summed E-state index contributed by atoms with van der Waals surface area (Å²) in [6, 6.07) is 9.72. The van der Waals surface area contributed by atoms with Crippen LogP contribution in [0.1, 0.15) is 74.6 Å². The fourth-order valence-electron chi connectivity index (χ4n) is 4.85. The normalized spacial score (nSPS) is 11.2. The number of anilines is 2. The van der Waals surface area contributed by atoms with E-state index in [9.17, 15) is 18.4 Å². The second kappa shape index (κ2) is 14.0. The minimum atomic E-state index is -0.681. The maximum atomic E-state index is 15.0. The van der Waals surface area contributed by atoms with Gasteiger partial charge >= 0.3 is 5.97 Å². The molecule has 11 heteroatoms. The van der Waals surface area contributed by atoms with E-state index in [2.05, 4.69) is 30.3 Å². The monoisotopic (exact) mass is 578 g/mol. The molecule has 0 radical (unpaired) electrons. The van der Waals surface area contributed by atoms with E-state index in [1.165, 1.54) is 13.2 Å². The Morgan fingerprint density at radius 1 is 0.976 bits per heavy atom. The molecule has 0 fully saturated rings. The predicted octanol–water partition coefficient (Wildman–Crippen LogP) is 6.65. The van der Waals surface area contributed by atoms with Crippen LogP contribution in [-0.4, -0.2) is 45.1 Å². The Balaban J connectivity index is 1.36. The molecule has 2 aromatic heterocycles. The number of unbranched alkanes of at least 4 members (excludes halogenated alkanes) is 4. The standard InChI is InChI=1S/C31H36F2N6O3/c1-19(2)39-20(3)36-29-24(32)16-22(17-26(29)39)28-25(33)18-35-31(38-28)37-23-13-11-21(12-14-23)30(41)34-15-9-7-5-6-8-10-27(40)42-4/h11-14,16-19H,5-10,15H2,1-4H3,(H,34,41)(H,35,37,38). The number of nitrogens with zero attached hydrogens (tertiary/aromatic N) is 4. The van der Waals surface area contributed by atoms with Gasteiger partial charge in [0.1, 0.15) is 17.0 Å². The minimum absolute atomic E-state index is 0.0394. The number of ether oxygens (including phenoxy) is 1. The first-order valence-corrected chi connectivity index (χ1v) is 14.1. The summed E-state index contributed by atoms with van der Waals surface area (Å²) in [7, 11) is 1.39. The molecule has 2 N–H and O–H groups in total. The van der Waals surface area contributed by atoms with E-state index in [1.54, 1.807) is 37.3 Å². The number of benzene rings is 2. The summed E-state index contributed by atoms with van der Waals surface area (Å²) in [4.78, 5) is 36.3. The van der Waals surface area contributed by atoms with Crippen molar-refractivity contribution >= 4 is 34.5 Å². The first-order valence-electron chi connectivity index (χ1n) is 14.1. The zero-order chi connectivity index (χ0) is 30.2. The average molecular weight is 579 g/mol. The molecule has 0 saturated carbocycles. The smallest absolute Gasteiger partial charge is 0.305 e. The Bertz CT molecular complexity index is 1550. The lowest BCUT2D eigenvalue weighted by molar-refractivity contribution is -0.140. The second-order valence-corrected chi connectivity index (χ2v) is 10.4. The molecule has 42 heavy (non-hydrogen) atoms. The lowest BCUT2D eigenvalue weighted by Gasteiger charge is -2.12. The molecule has 0 aliphatic carbocycles. The van der Waals surface area contributed by atoms with Crippen LogP contribution in [0, 0.1) is 18.6 Å². The number of nitrogens with one attached hydrogen (secondary N) is 2. The summed E-state index contributed by atoms with van der Waals surface area (Å²) in [6.07, 6.45) is 6.05. The van der Waals surface area contributed by atoms with E-state index in [0.717, 1.165) is 38.3 Å². The van der Waals surface area contributed by atoms with Crippen molar-refractivity contribution in [3.63, 3.8) is 0 Å². The number of imidazole rings is 1. The van der Waals surface area contributed by atoms with Crippen molar-refractivity contribution in [1.82, 2.24) is 24.8 Å². The van der Waals surface area contributed by atoms with Crippen LogP contribution in [0.25, 0.3) is 22.3 Å². The van der Waals surface area contributed by atoms with E-state index in [4.69, 9.17) is 0 Å². The molecule has 1 amide bonds. The fraction of sp³-hybridized carbons (Fsp3) is 0.387. The van der Waals surface area contributed by atoms with Gasteiger partial charge in [-0.2, -0.15) is 0 Å². The molecule has 222 valence electrons. The number of hydrogen-bond acceptors (Lipinski definition) is 7. The molecule has 0 aliphatic heterocycles. The Morgan fingerprint density at radius 3 is 2.40 bits per heavy atom. The van der Waals surface area contributed by atoms with Gasteiger partial charge < -0.3 is 19.9 Å². The SMILES string of the molecule is COC(=O)CCCCCCCNC(=O)c1ccc(Nc2ncc(F)c(-c3cc(F)c4nc(C)n(C(C)C)c4c3)n2)cc1. The number of rotatable bonds is 13. The Morgan fingerprint density at radius 2 is 1.69 bits per heavy atom. The maximum Gasteiger partial charge on any atom is 0.305 e. The first-order chi connectivity index (χ1) is 20.2. The summed E-state index contributed by atoms with van der Waals surface area (Å²) in [5.74, 6) is -0.802. The van der Waals surface area contributed by atoms with Crippen molar-refractivity contribution < 1.29 is 23.1 Å². The van der Waals surface area contributed by atoms with Crippen LogP contribution >= 0.6 is 0 Å². The number of carbonyl (C=O) groups excluding carboxylic acids is 2. The van der Waals surface area contributed by atoms with E-state index < -0.39 is 11.6 Å². The van der Waals surface area contributed by atoms with Crippen molar-refractivity contribution in [2.24, 2.45) is 0 Å². The minimum Gasteiger partial charge on any atom is -0.469 e. The largest absolute Gasteiger partial charge is 0.469 e. The second-order valence-electron chi connectivity index (χ2n) is 10.4. The van der Waals surface area contributed by atoms with Crippen LogP contribution in [-0.2, 0) is 9.53 Å². The van der Waals surface area contributed by atoms with Gasteiger partial charge in [-0.3, -0.25) is 9.59 Å². The van der Waals surface area contributed by atoms with Crippen LogP contribution in [0.5, 0.6) is 0 Å². The fourth-order valence-corrected chi connectivity index (χ4v) is 4.85. The van der Waals surface area contributed by atoms with E-state index in [-0.39, 0.29) is 40.6 Å². The molecule has 0 spiro atoms. The Labute approximate surface area is 243 Å². The third-order valence-electron chi connectivity index (χ3n) is 6.93. The summed E-state index contributed by atoms with van der Waals surface area (Å²) < 4.78 is 36.3. The molecular weight excluding hydrogens is 542 g/mol. The molecule has 9 nitrogen and oxygen atoms in total. The number of halogens is 2. The van der Waals surface area contributed by atoms with Crippen LogP contribution in [0.4, 0.5) is 20.4 Å². The average Bonchev–Trinajstić information content (AvgIpc) is 3.32. The Hall–Kier alpha value is -4.41. The molecule has 2 heterocycles. The van der Waals surface area contributed by atoms with Crippen molar-refractivity contribution in [2.75, 3.05) is 19.0 Å². The molecule has 4 aromatic rings. The highest BCUT2D eigenvalue weighted by Gasteiger charge is 2.18. The molecule has 0 bridgehead atoms. The third-order valence-corrected chi connectivity index (χ3v) is 6.93. The number of esters is 1. The molecule has 0 atom stereocenters. The molecular formula is C31H36F2N6O3. The number of aromatic nitrogens is 4. The number of aryl methyl sites for hydroxylation is 1. The van der Waals surface area contributed by atoms with Crippen LogP contribution in [0.15, 0.2) is 42.6 Å². The summed E-state index contributed by atoms with van der Waals surface area (Å²) in [6.45, 7) is 6.31. The molecule has 0 unspecified atom stereocenters. The number of carbonyl (C=O) groups is 2. The van der Waals surface area contributed by atoms with Crippen molar-refractivity contribution in [2.45, 2.75) is 65.3 Å². The van der Waals surface area contributed by atoms with Gasteiger partial charge in [0.2, 0.25) is 5.95 Å². The van der Waals surface area contributed by atoms with Gasteiger partial charge in [0.15, 0.2) is 11.6 Å². The molecule has 0 aliphatic rings. The van der Waals surface area contributed by atoms with Gasteiger partial charge in [0.05, 0.1) is 18.8 Å². The summed E-state index contributed by atoms with van der Waals surface area (Å²) >= 11 is 0. The van der Waals surface area contributed by atoms with E-state index >= 15 is 0 Å². The zero-order valence-corrected chi connectivity index (χ0v) is 24.3. The topological polar surface area (TPSA) is 111 Å². The zero-order valence-electron chi connectivity index (χ0n) is 24.3. The maximum absolute atomic E-state index is 15.0. The molecule has 4 rings (SSSR count). The third kappa shape index (κ3) is 7.45. The molecule has 0 saturated heterocycles. The number of fused-ring (bicyclic) bond motifs is 1. The van der Waals surface area contributed by atoms with E-state index in [0.29, 0.717) is 35.6 Å². The number of methoxy groups -OCH3 is 1. The highest BCUT2D eigenvalue weighted by atomic mass is 19.1. The van der Waals surface area contributed by atoms with Crippen molar-refractivity contribution in [3.05, 3.63) is 65.6 Å². The van der Waals surface area contributed by atoms with Crippen LogP contribution in [0.3, 0.4) is 0 Å². The highest BCUT2D eigenvalue weighted by Crippen LogP contribution is 2.30. The van der Waals surface area contributed by atoms with Gasteiger partial charge in [-0.1, -0.05) is 19.3 Å². The van der Waals surface area contributed by atoms with Gasteiger partial charge in [0, 0.05) is 35.8 Å². The quantitative estimate of drug-likeness (QED) is 0.135. The van der Waals surface area contributed by atoms with Gasteiger partial charge in [-0.05, 0) is 70.0 Å². The Kier molecular flexibility index (Phi) is 10.2. The summed E-state index contributed by atoms with van der Waals surface area (Å²) in [5.41, 5.74) is 2.13. The highest BCUT2D eigenvalue weighted by molar-refractivity contribution is 5.94.